The van der Waals surface area contributed by atoms with E-state index in [4.69, 9.17) is 9.47 Å². The Labute approximate surface area is 175 Å². The normalized spacial score (nSPS) is 15.4. The molecule has 29 heavy (non-hydrogen) atoms. The van der Waals surface area contributed by atoms with Crippen LogP contribution in [-0.4, -0.2) is 68.7 Å². The third-order valence-corrected chi connectivity index (χ3v) is 6.16. The van der Waals surface area contributed by atoms with Gasteiger partial charge in [0, 0.05) is 25.0 Å². The number of hydrogen-bond acceptors (Lipinski definition) is 8. The number of ether oxygens (including phenoxy) is 2. The van der Waals surface area contributed by atoms with Crippen molar-refractivity contribution in [2.45, 2.75) is 52.1 Å². The van der Waals surface area contributed by atoms with E-state index in [2.05, 4.69) is 29.4 Å². The van der Waals surface area contributed by atoms with Gasteiger partial charge in [-0.1, -0.05) is 13.8 Å². The van der Waals surface area contributed by atoms with Crippen LogP contribution in [0.4, 0.5) is 5.00 Å². The number of methoxy groups -OCH3 is 2. The van der Waals surface area contributed by atoms with Crippen molar-refractivity contribution in [2.24, 2.45) is 0 Å². The lowest BCUT2D eigenvalue weighted by molar-refractivity contribution is -0.116. The molecule has 1 fully saturated rings. The van der Waals surface area contributed by atoms with Crippen LogP contribution in [0.1, 0.15) is 58.7 Å². The SMILES string of the molecule is COC(=O)c1sc(NC(=O)CCN2CCC(NC(C)C)CC2)c(C(=O)OC)c1C. The van der Waals surface area contributed by atoms with E-state index in [1.807, 2.05) is 0 Å². The summed E-state index contributed by atoms with van der Waals surface area (Å²) in [6.45, 7) is 8.50. The second-order valence-corrected chi connectivity index (χ2v) is 8.50. The van der Waals surface area contributed by atoms with Crippen LogP contribution in [0.15, 0.2) is 0 Å². The summed E-state index contributed by atoms with van der Waals surface area (Å²) in [4.78, 5) is 39.1. The predicted octanol–water partition coefficient (Wildman–Crippen LogP) is 2.42. The number of carbonyl (C=O) groups excluding carboxylic acids is 3. The van der Waals surface area contributed by atoms with Crippen molar-refractivity contribution >= 4 is 34.2 Å². The molecule has 0 spiro atoms. The summed E-state index contributed by atoms with van der Waals surface area (Å²) in [5.41, 5.74) is 0.649. The largest absolute Gasteiger partial charge is 0.465 e. The molecule has 1 saturated heterocycles. The Balaban J connectivity index is 1.95. The Morgan fingerprint density at radius 3 is 2.31 bits per heavy atom. The van der Waals surface area contributed by atoms with Gasteiger partial charge in [0.1, 0.15) is 9.88 Å². The van der Waals surface area contributed by atoms with Gasteiger partial charge in [0.25, 0.3) is 0 Å². The molecule has 2 rings (SSSR count). The van der Waals surface area contributed by atoms with E-state index in [9.17, 15) is 14.4 Å². The third kappa shape index (κ3) is 6.25. The molecule has 0 bridgehead atoms. The zero-order chi connectivity index (χ0) is 21.6. The topological polar surface area (TPSA) is 97.0 Å². The molecule has 1 aliphatic heterocycles. The number of amides is 1. The van der Waals surface area contributed by atoms with E-state index in [1.54, 1.807) is 6.92 Å². The molecule has 9 heteroatoms. The number of likely N-dealkylation sites (tertiary alicyclic amines) is 1. The number of nitrogens with one attached hydrogen (secondary N) is 2. The van der Waals surface area contributed by atoms with Crippen LogP contribution in [0.5, 0.6) is 0 Å². The lowest BCUT2D eigenvalue weighted by Crippen LogP contribution is -2.45. The lowest BCUT2D eigenvalue weighted by atomic mass is 10.0. The van der Waals surface area contributed by atoms with Gasteiger partial charge in [-0.15, -0.1) is 11.3 Å². The van der Waals surface area contributed by atoms with Crippen molar-refractivity contribution in [1.82, 2.24) is 10.2 Å². The molecule has 0 atom stereocenters. The Bertz CT molecular complexity index is 739. The van der Waals surface area contributed by atoms with Crippen LogP contribution < -0.4 is 10.6 Å². The molecule has 0 aliphatic carbocycles. The first-order valence-corrected chi connectivity index (χ1v) is 10.7. The minimum Gasteiger partial charge on any atom is -0.465 e. The standard InChI is InChI=1S/C20H31N3O5S/c1-12(2)21-14-6-9-23(10-7-14)11-8-15(24)22-18-16(19(25)27-4)13(3)17(29-18)20(26)28-5/h12,14,21H,6-11H2,1-5H3,(H,22,24). The Morgan fingerprint density at radius 2 is 1.76 bits per heavy atom. The van der Waals surface area contributed by atoms with E-state index < -0.39 is 11.9 Å². The first-order chi connectivity index (χ1) is 13.8. The summed E-state index contributed by atoms with van der Waals surface area (Å²) in [5.74, 6) is -1.34. The van der Waals surface area contributed by atoms with Gasteiger partial charge in [0.15, 0.2) is 0 Å². The summed E-state index contributed by atoms with van der Waals surface area (Å²) in [6, 6.07) is 1.01. The molecule has 8 nitrogen and oxygen atoms in total. The van der Waals surface area contributed by atoms with Crippen molar-refractivity contribution in [2.75, 3.05) is 39.2 Å². The highest BCUT2D eigenvalue weighted by molar-refractivity contribution is 7.18. The van der Waals surface area contributed by atoms with Crippen LogP contribution in [0.3, 0.4) is 0 Å². The molecule has 162 valence electrons. The van der Waals surface area contributed by atoms with E-state index >= 15 is 0 Å². The zero-order valence-electron chi connectivity index (χ0n) is 17.8. The molecule has 1 amide bonds. The summed E-state index contributed by atoms with van der Waals surface area (Å²) in [7, 11) is 2.54. The maximum atomic E-state index is 12.5. The van der Waals surface area contributed by atoms with Crippen LogP contribution in [0.2, 0.25) is 0 Å². The fraction of sp³-hybridized carbons (Fsp3) is 0.650. The molecular formula is C20H31N3O5S. The number of hydrogen-bond donors (Lipinski definition) is 2. The number of nitrogens with zero attached hydrogens (tertiary/aromatic N) is 1. The molecule has 1 aromatic heterocycles. The average molecular weight is 426 g/mol. The Kier molecular flexibility index (Phi) is 8.60. The molecular weight excluding hydrogens is 394 g/mol. The molecule has 1 aromatic rings. The lowest BCUT2D eigenvalue weighted by Gasteiger charge is -2.33. The molecule has 0 aromatic carbocycles. The van der Waals surface area contributed by atoms with Gasteiger partial charge in [0.05, 0.1) is 19.8 Å². The molecule has 0 saturated carbocycles. The molecule has 2 N–H and O–H groups in total. The third-order valence-electron chi connectivity index (χ3n) is 4.97. The van der Waals surface area contributed by atoms with Gasteiger partial charge in [-0.25, -0.2) is 9.59 Å². The highest BCUT2D eigenvalue weighted by atomic mass is 32.1. The molecule has 0 unspecified atom stereocenters. The van der Waals surface area contributed by atoms with E-state index in [0.29, 0.717) is 35.6 Å². The van der Waals surface area contributed by atoms with Gasteiger partial charge in [0.2, 0.25) is 5.91 Å². The second-order valence-electron chi connectivity index (χ2n) is 7.48. The number of rotatable bonds is 8. The average Bonchev–Trinajstić information content (AvgIpc) is 3.01. The minimum atomic E-state index is -0.594. The van der Waals surface area contributed by atoms with Gasteiger partial charge < -0.3 is 25.0 Å². The number of thiophene rings is 1. The Morgan fingerprint density at radius 1 is 1.14 bits per heavy atom. The summed E-state index contributed by atoms with van der Waals surface area (Å²) < 4.78 is 9.57. The highest BCUT2D eigenvalue weighted by Gasteiger charge is 2.27. The summed E-state index contributed by atoms with van der Waals surface area (Å²) in [5, 5.41) is 6.65. The van der Waals surface area contributed by atoms with Gasteiger partial charge in [-0.3, -0.25) is 4.79 Å². The number of esters is 2. The van der Waals surface area contributed by atoms with Gasteiger partial charge in [-0.2, -0.15) is 0 Å². The smallest absolute Gasteiger partial charge is 0.348 e. The number of carbonyl (C=O) groups is 3. The van der Waals surface area contributed by atoms with E-state index in [0.717, 1.165) is 37.3 Å². The minimum absolute atomic E-state index is 0.199. The van der Waals surface area contributed by atoms with Crippen molar-refractivity contribution < 1.29 is 23.9 Å². The summed E-state index contributed by atoms with van der Waals surface area (Å²) in [6.07, 6.45) is 2.45. The maximum Gasteiger partial charge on any atom is 0.348 e. The Hall–Kier alpha value is -1.97. The molecule has 0 radical (unpaired) electrons. The van der Waals surface area contributed by atoms with Crippen LogP contribution >= 0.6 is 11.3 Å². The van der Waals surface area contributed by atoms with Crippen LogP contribution in [-0.2, 0) is 14.3 Å². The first-order valence-electron chi connectivity index (χ1n) is 9.85. The number of anilines is 1. The monoisotopic (exact) mass is 425 g/mol. The van der Waals surface area contributed by atoms with Gasteiger partial charge in [-0.05, 0) is 38.4 Å². The molecule has 1 aliphatic rings. The van der Waals surface area contributed by atoms with Crippen LogP contribution in [0, 0.1) is 6.92 Å². The first kappa shape index (κ1) is 23.3. The van der Waals surface area contributed by atoms with Crippen LogP contribution in [0.25, 0.3) is 0 Å². The maximum absolute atomic E-state index is 12.5. The fourth-order valence-electron chi connectivity index (χ4n) is 3.48. The van der Waals surface area contributed by atoms with Crippen molar-refractivity contribution in [3.63, 3.8) is 0 Å². The number of piperidine rings is 1. The van der Waals surface area contributed by atoms with Gasteiger partial charge >= 0.3 is 11.9 Å². The van der Waals surface area contributed by atoms with E-state index in [1.165, 1.54) is 14.2 Å². The fourth-order valence-corrected chi connectivity index (χ4v) is 4.61. The quantitative estimate of drug-likeness (QED) is 0.618. The van der Waals surface area contributed by atoms with Crippen molar-refractivity contribution in [3.8, 4) is 0 Å². The predicted molar refractivity (Wildman–Crippen MR) is 113 cm³/mol. The highest BCUT2D eigenvalue weighted by Crippen LogP contribution is 2.34. The zero-order valence-corrected chi connectivity index (χ0v) is 18.6. The van der Waals surface area contributed by atoms with Crippen molar-refractivity contribution in [1.29, 1.82) is 0 Å². The van der Waals surface area contributed by atoms with Crippen molar-refractivity contribution in [3.05, 3.63) is 16.0 Å². The summed E-state index contributed by atoms with van der Waals surface area (Å²) >= 11 is 1.03. The second kappa shape index (κ2) is 10.7. The van der Waals surface area contributed by atoms with E-state index in [-0.39, 0.29) is 16.3 Å². The molecule has 2 heterocycles.